The van der Waals surface area contributed by atoms with Gasteiger partial charge in [-0.15, -0.1) is 0 Å². The minimum absolute atomic E-state index is 0.0712. The predicted octanol–water partition coefficient (Wildman–Crippen LogP) is 3.22. The molecule has 4 aromatic rings. The number of nitrogens with one attached hydrogen (secondary N) is 3. The van der Waals surface area contributed by atoms with Crippen LogP contribution in [0, 0.1) is 0 Å². The highest BCUT2D eigenvalue weighted by atomic mass is 35.5. The molecule has 4 N–H and O–H groups in total. The Morgan fingerprint density at radius 3 is 2.54 bits per heavy atom. The van der Waals surface area contributed by atoms with Crippen LogP contribution in [0.1, 0.15) is 15.9 Å². The number of carbonyl (C=O) groups excluding carboxylic acids is 2. The smallest absolute Gasteiger partial charge is 0.286 e. The summed E-state index contributed by atoms with van der Waals surface area (Å²) in [6.07, 6.45) is 2.66. The molecule has 35 heavy (non-hydrogen) atoms. The number of H-pyrrole nitrogens is 1. The Balaban J connectivity index is 1.74. The maximum atomic E-state index is 13.3. The van der Waals surface area contributed by atoms with Crippen molar-refractivity contribution in [1.82, 2.24) is 20.9 Å². The van der Waals surface area contributed by atoms with Gasteiger partial charge in [-0.3, -0.25) is 24.8 Å². The van der Waals surface area contributed by atoms with Crippen LogP contribution in [-0.4, -0.2) is 34.2 Å². The van der Waals surface area contributed by atoms with Gasteiger partial charge in [0.15, 0.2) is 0 Å². The lowest BCUT2D eigenvalue weighted by molar-refractivity contribution is -0.117. The van der Waals surface area contributed by atoms with Crippen molar-refractivity contribution in [3.63, 3.8) is 0 Å². The van der Waals surface area contributed by atoms with Gasteiger partial charge in [0.2, 0.25) is 0 Å². The molecule has 0 saturated carbocycles. The fourth-order valence-electron chi connectivity index (χ4n) is 3.40. The third-order valence-electron chi connectivity index (χ3n) is 5.17. The number of hydrogen-bond donors (Lipinski definition) is 4. The first-order valence-corrected chi connectivity index (χ1v) is 10.8. The van der Waals surface area contributed by atoms with E-state index in [1.807, 2.05) is 12.1 Å². The molecule has 9 nitrogen and oxygen atoms in total. The van der Waals surface area contributed by atoms with Crippen molar-refractivity contribution in [3.05, 3.63) is 105 Å². The second kappa shape index (κ2) is 10.1. The molecule has 3 aromatic carbocycles. The molecule has 10 heteroatoms. The SMILES string of the molecule is CN(NC(=O)/C(=C\c1c(O)ccc2ccccc12)NC(=O)c1ccccc1)c1cn[nH]c(=O)c1Cl. The Bertz CT molecular complexity index is 1500. The van der Waals surface area contributed by atoms with Crippen LogP contribution in [0.15, 0.2) is 83.4 Å². The van der Waals surface area contributed by atoms with Crippen LogP contribution < -0.4 is 21.3 Å². The van der Waals surface area contributed by atoms with Gasteiger partial charge in [0, 0.05) is 18.2 Å². The highest BCUT2D eigenvalue weighted by Gasteiger charge is 2.19. The van der Waals surface area contributed by atoms with Gasteiger partial charge in [-0.25, -0.2) is 5.10 Å². The number of aromatic hydroxyl groups is 1. The highest BCUT2D eigenvalue weighted by molar-refractivity contribution is 6.33. The lowest BCUT2D eigenvalue weighted by Crippen LogP contribution is -2.44. The summed E-state index contributed by atoms with van der Waals surface area (Å²) in [6.45, 7) is 0. The fourth-order valence-corrected chi connectivity index (χ4v) is 3.62. The number of hydrogen-bond acceptors (Lipinski definition) is 6. The summed E-state index contributed by atoms with van der Waals surface area (Å²) in [4.78, 5) is 37.9. The summed E-state index contributed by atoms with van der Waals surface area (Å²) < 4.78 is 0. The van der Waals surface area contributed by atoms with Crippen molar-refractivity contribution in [2.24, 2.45) is 0 Å². The number of amides is 2. The minimum atomic E-state index is -0.722. The summed E-state index contributed by atoms with van der Waals surface area (Å²) in [5, 5.41) is 21.6. The molecule has 1 heterocycles. The third kappa shape index (κ3) is 5.15. The van der Waals surface area contributed by atoms with E-state index < -0.39 is 17.4 Å². The van der Waals surface area contributed by atoms with Crippen molar-refractivity contribution < 1.29 is 14.7 Å². The number of aromatic nitrogens is 2. The number of phenols is 1. The van der Waals surface area contributed by atoms with E-state index in [0.717, 1.165) is 5.39 Å². The van der Waals surface area contributed by atoms with Crippen molar-refractivity contribution >= 4 is 46.0 Å². The molecular formula is C25H20ClN5O4. The van der Waals surface area contributed by atoms with Gasteiger partial charge in [-0.1, -0.05) is 60.1 Å². The first kappa shape index (κ1) is 23.5. The van der Waals surface area contributed by atoms with E-state index in [4.69, 9.17) is 11.6 Å². The number of halogens is 1. The predicted molar refractivity (Wildman–Crippen MR) is 134 cm³/mol. The van der Waals surface area contributed by atoms with Crippen molar-refractivity contribution in [2.75, 3.05) is 12.1 Å². The number of rotatable bonds is 6. The molecular weight excluding hydrogens is 470 g/mol. The van der Waals surface area contributed by atoms with Crippen LogP contribution >= 0.6 is 11.6 Å². The number of hydrazine groups is 1. The Labute approximate surface area is 204 Å². The fraction of sp³-hybridized carbons (Fsp3) is 0.0400. The Kier molecular flexibility index (Phi) is 6.79. The molecule has 0 bridgehead atoms. The van der Waals surface area contributed by atoms with E-state index in [-0.39, 0.29) is 22.2 Å². The van der Waals surface area contributed by atoms with Gasteiger partial charge < -0.3 is 10.4 Å². The molecule has 176 valence electrons. The Morgan fingerprint density at radius 1 is 1.06 bits per heavy atom. The van der Waals surface area contributed by atoms with Gasteiger partial charge in [0.05, 0.1) is 6.20 Å². The summed E-state index contributed by atoms with van der Waals surface area (Å²) in [5.41, 5.74) is 2.62. The summed E-state index contributed by atoms with van der Waals surface area (Å²) >= 11 is 6.04. The number of fused-ring (bicyclic) bond motifs is 1. The lowest BCUT2D eigenvalue weighted by Gasteiger charge is -2.21. The van der Waals surface area contributed by atoms with E-state index in [9.17, 15) is 19.5 Å². The molecule has 2 amide bonds. The normalized spacial score (nSPS) is 11.2. The monoisotopic (exact) mass is 489 g/mol. The van der Waals surface area contributed by atoms with Crippen molar-refractivity contribution in [2.45, 2.75) is 0 Å². The molecule has 0 spiro atoms. The van der Waals surface area contributed by atoms with Crippen LogP contribution in [0.4, 0.5) is 5.69 Å². The average molecular weight is 490 g/mol. The first-order chi connectivity index (χ1) is 16.8. The first-order valence-electron chi connectivity index (χ1n) is 10.4. The van der Waals surface area contributed by atoms with Gasteiger partial charge >= 0.3 is 0 Å². The van der Waals surface area contributed by atoms with E-state index in [1.54, 1.807) is 48.5 Å². The van der Waals surface area contributed by atoms with Crippen molar-refractivity contribution in [3.8, 4) is 5.75 Å². The number of phenolic OH excluding ortho intramolecular Hbond substituents is 1. The van der Waals surface area contributed by atoms with E-state index in [2.05, 4.69) is 20.9 Å². The zero-order valence-corrected chi connectivity index (χ0v) is 19.2. The molecule has 0 fully saturated rings. The second-order valence-electron chi connectivity index (χ2n) is 7.50. The van der Waals surface area contributed by atoms with Gasteiger partial charge in [0.1, 0.15) is 22.2 Å². The Hall–Kier alpha value is -4.63. The second-order valence-corrected chi connectivity index (χ2v) is 7.87. The van der Waals surface area contributed by atoms with E-state index >= 15 is 0 Å². The minimum Gasteiger partial charge on any atom is -0.507 e. The molecule has 0 radical (unpaired) electrons. The molecule has 0 aliphatic carbocycles. The molecule has 0 aliphatic rings. The van der Waals surface area contributed by atoms with Gasteiger partial charge in [0.25, 0.3) is 17.4 Å². The van der Waals surface area contributed by atoms with Gasteiger partial charge in [-0.2, -0.15) is 5.10 Å². The number of benzene rings is 3. The van der Waals surface area contributed by atoms with Gasteiger partial charge in [-0.05, 0) is 35.0 Å². The average Bonchev–Trinajstić information content (AvgIpc) is 2.87. The molecule has 4 rings (SSSR count). The van der Waals surface area contributed by atoms with E-state index in [0.29, 0.717) is 16.5 Å². The zero-order valence-electron chi connectivity index (χ0n) is 18.4. The largest absolute Gasteiger partial charge is 0.507 e. The maximum absolute atomic E-state index is 13.3. The van der Waals surface area contributed by atoms with Crippen LogP contribution in [0.5, 0.6) is 5.75 Å². The topological polar surface area (TPSA) is 127 Å². The quantitative estimate of drug-likeness (QED) is 0.243. The summed E-state index contributed by atoms with van der Waals surface area (Å²) in [6, 6.07) is 19.0. The molecule has 0 aliphatic heterocycles. The number of aromatic amines is 1. The molecule has 0 unspecified atom stereocenters. The molecule has 1 aromatic heterocycles. The standard InChI is InChI=1S/C25H20ClN5O4/c1-31(20-14-27-29-25(35)22(20)26)30-24(34)19(28-23(33)16-8-3-2-4-9-16)13-18-17-10-6-5-7-15(17)11-12-21(18)32/h2-14,32H,1H3,(H,28,33)(H,29,35)(H,30,34)/b19-13+. The highest BCUT2D eigenvalue weighted by Crippen LogP contribution is 2.29. The van der Waals surface area contributed by atoms with Crippen LogP contribution in [0.25, 0.3) is 16.8 Å². The Morgan fingerprint density at radius 2 is 1.77 bits per heavy atom. The summed E-state index contributed by atoms with van der Waals surface area (Å²) in [5.74, 6) is -1.32. The van der Waals surface area contributed by atoms with E-state index in [1.165, 1.54) is 30.4 Å². The van der Waals surface area contributed by atoms with Crippen LogP contribution in [0.2, 0.25) is 5.02 Å². The maximum Gasteiger partial charge on any atom is 0.286 e. The van der Waals surface area contributed by atoms with Crippen molar-refractivity contribution in [1.29, 1.82) is 0 Å². The number of carbonyl (C=O) groups is 2. The molecule has 0 saturated heterocycles. The number of nitrogens with zero attached hydrogens (tertiary/aromatic N) is 2. The lowest BCUT2D eigenvalue weighted by atomic mass is 10.0. The molecule has 0 atom stereocenters. The summed E-state index contributed by atoms with van der Waals surface area (Å²) in [7, 11) is 1.46. The number of anilines is 1. The zero-order chi connectivity index (χ0) is 24.9. The van der Waals surface area contributed by atoms with Crippen LogP contribution in [-0.2, 0) is 4.79 Å². The third-order valence-corrected chi connectivity index (χ3v) is 5.54. The van der Waals surface area contributed by atoms with Crippen LogP contribution in [0.3, 0.4) is 0 Å².